The van der Waals surface area contributed by atoms with Crippen molar-refractivity contribution in [1.29, 1.82) is 0 Å². The maximum absolute atomic E-state index is 12.2. The third-order valence-corrected chi connectivity index (χ3v) is 4.78. The van der Waals surface area contributed by atoms with Crippen LogP contribution in [-0.4, -0.2) is 34.9 Å². The van der Waals surface area contributed by atoms with E-state index in [9.17, 15) is 9.59 Å². The van der Waals surface area contributed by atoms with Gasteiger partial charge in [0.05, 0.1) is 0 Å². The van der Waals surface area contributed by atoms with Crippen LogP contribution in [0.2, 0.25) is 0 Å². The lowest BCUT2D eigenvalue weighted by atomic mass is 10.1. The molecule has 0 aliphatic rings. The van der Waals surface area contributed by atoms with Gasteiger partial charge in [-0.05, 0) is 25.0 Å². The Bertz CT molecular complexity index is 954. The molecule has 0 unspecified atom stereocenters. The summed E-state index contributed by atoms with van der Waals surface area (Å²) in [5.74, 6) is -0.505. The lowest BCUT2D eigenvalue weighted by molar-refractivity contribution is 0.0922. The van der Waals surface area contributed by atoms with E-state index in [2.05, 4.69) is 20.6 Å². The molecule has 2 heterocycles. The topological polar surface area (TPSA) is 84.0 Å². The second kappa shape index (κ2) is 8.55. The van der Waals surface area contributed by atoms with E-state index in [1.54, 1.807) is 11.6 Å². The summed E-state index contributed by atoms with van der Waals surface area (Å²) >= 11 is 1.43. The molecule has 0 saturated carbocycles. The lowest BCUT2D eigenvalue weighted by Crippen LogP contribution is -2.35. The third-order valence-electron chi connectivity index (χ3n) is 3.88. The summed E-state index contributed by atoms with van der Waals surface area (Å²) in [5, 5.41) is 8.06. The molecule has 27 heavy (non-hydrogen) atoms. The first-order valence-corrected chi connectivity index (χ1v) is 9.43. The van der Waals surface area contributed by atoms with Gasteiger partial charge in [0.1, 0.15) is 16.4 Å². The molecule has 3 aromatic rings. The van der Waals surface area contributed by atoms with Gasteiger partial charge >= 0.3 is 0 Å². The number of amides is 2. The maximum atomic E-state index is 12.2. The highest BCUT2D eigenvalue weighted by Gasteiger charge is 2.13. The number of hydrogen-bond donors (Lipinski definition) is 2. The fourth-order valence-corrected chi connectivity index (χ4v) is 3.38. The normalized spacial score (nSPS) is 10.4. The number of carbonyl (C=O) groups excluding carboxylic acids is 2. The summed E-state index contributed by atoms with van der Waals surface area (Å²) in [7, 11) is 0. The number of thiazole rings is 1. The zero-order valence-corrected chi connectivity index (χ0v) is 16.0. The van der Waals surface area contributed by atoms with Crippen LogP contribution in [0.3, 0.4) is 0 Å². The Labute approximate surface area is 161 Å². The highest BCUT2D eigenvalue weighted by Crippen LogP contribution is 2.23. The summed E-state index contributed by atoms with van der Waals surface area (Å²) in [6.45, 7) is 4.41. The lowest BCUT2D eigenvalue weighted by Gasteiger charge is -2.08. The monoisotopic (exact) mass is 380 g/mol. The zero-order chi connectivity index (χ0) is 19.2. The number of pyridine rings is 1. The van der Waals surface area contributed by atoms with Gasteiger partial charge in [0.25, 0.3) is 11.8 Å². The van der Waals surface area contributed by atoms with Crippen LogP contribution in [0.1, 0.15) is 32.1 Å². The van der Waals surface area contributed by atoms with E-state index in [1.807, 2.05) is 50.2 Å². The van der Waals surface area contributed by atoms with Crippen molar-refractivity contribution >= 4 is 23.2 Å². The van der Waals surface area contributed by atoms with Crippen LogP contribution in [0.5, 0.6) is 0 Å². The summed E-state index contributed by atoms with van der Waals surface area (Å²) in [4.78, 5) is 32.9. The van der Waals surface area contributed by atoms with Crippen molar-refractivity contribution in [3.63, 3.8) is 0 Å². The van der Waals surface area contributed by atoms with Gasteiger partial charge in [0, 0.05) is 30.2 Å². The number of nitrogens with one attached hydrogen (secondary N) is 2. The molecule has 0 aliphatic heterocycles. The Morgan fingerprint density at radius 1 is 1.04 bits per heavy atom. The van der Waals surface area contributed by atoms with Crippen LogP contribution >= 0.6 is 11.3 Å². The largest absolute Gasteiger partial charge is 0.349 e. The molecule has 0 saturated heterocycles. The Hall–Kier alpha value is -3.06. The SMILES string of the molecule is Cc1cnc(C(=O)NCCNC(=O)c2csc(-c3ccccc3)n2)c(C)c1. The van der Waals surface area contributed by atoms with Crippen LogP contribution < -0.4 is 10.6 Å². The molecule has 0 atom stereocenters. The molecule has 138 valence electrons. The molecule has 0 bridgehead atoms. The smallest absolute Gasteiger partial charge is 0.270 e. The quantitative estimate of drug-likeness (QED) is 0.644. The number of aromatic nitrogens is 2. The minimum atomic E-state index is -0.257. The zero-order valence-electron chi connectivity index (χ0n) is 15.2. The number of hydrogen-bond acceptors (Lipinski definition) is 5. The average Bonchev–Trinajstić information content (AvgIpc) is 3.16. The van der Waals surface area contributed by atoms with Gasteiger partial charge in [-0.15, -0.1) is 11.3 Å². The molecule has 0 radical (unpaired) electrons. The van der Waals surface area contributed by atoms with Gasteiger partial charge in [0.2, 0.25) is 0 Å². The number of benzene rings is 1. The fraction of sp³-hybridized carbons (Fsp3) is 0.200. The number of nitrogens with zero attached hydrogens (tertiary/aromatic N) is 2. The summed E-state index contributed by atoms with van der Waals surface area (Å²) in [5.41, 5.74) is 3.59. The predicted molar refractivity (Wildman–Crippen MR) is 106 cm³/mol. The van der Waals surface area contributed by atoms with Crippen molar-refractivity contribution in [3.8, 4) is 10.6 Å². The van der Waals surface area contributed by atoms with Crippen LogP contribution in [-0.2, 0) is 0 Å². The van der Waals surface area contributed by atoms with E-state index < -0.39 is 0 Å². The van der Waals surface area contributed by atoms with Gasteiger partial charge < -0.3 is 10.6 Å². The van der Waals surface area contributed by atoms with Crippen LogP contribution in [0.4, 0.5) is 0 Å². The third kappa shape index (κ3) is 4.77. The van der Waals surface area contributed by atoms with Crippen molar-refractivity contribution in [2.24, 2.45) is 0 Å². The Morgan fingerprint density at radius 2 is 1.74 bits per heavy atom. The molecular weight excluding hydrogens is 360 g/mol. The summed E-state index contributed by atoms with van der Waals surface area (Å²) in [6.07, 6.45) is 1.66. The second-order valence-corrected chi connectivity index (χ2v) is 6.95. The first kappa shape index (κ1) is 18.7. The van der Waals surface area contributed by atoms with Crippen molar-refractivity contribution in [1.82, 2.24) is 20.6 Å². The van der Waals surface area contributed by atoms with Crippen molar-refractivity contribution in [3.05, 3.63) is 70.5 Å². The van der Waals surface area contributed by atoms with Crippen molar-refractivity contribution < 1.29 is 9.59 Å². The molecule has 3 rings (SSSR count). The highest BCUT2D eigenvalue weighted by molar-refractivity contribution is 7.13. The van der Waals surface area contributed by atoms with E-state index in [0.717, 1.165) is 21.7 Å². The Kier molecular flexibility index (Phi) is 5.93. The fourth-order valence-electron chi connectivity index (χ4n) is 2.57. The molecule has 2 aromatic heterocycles. The van der Waals surface area contributed by atoms with Gasteiger partial charge in [-0.2, -0.15) is 0 Å². The molecule has 2 amide bonds. The van der Waals surface area contributed by atoms with Gasteiger partial charge in [-0.3, -0.25) is 14.6 Å². The van der Waals surface area contributed by atoms with Gasteiger partial charge in [-0.1, -0.05) is 36.4 Å². The molecule has 2 N–H and O–H groups in total. The van der Waals surface area contributed by atoms with Gasteiger partial charge in [-0.25, -0.2) is 4.98 Å². The van der Waals surface area contributed by atoms with E-state index >= 15 is 0 Å². The molecule has 0 aliphatic carbocycles. The van der Waals surface area contributed by atoms with Gasteiger partial charge in [0.15, 0.2) is 0 Å². The maximum Gasteiger partial charge on any atom is 0.270 e. The molecule has 7 heteroatoms. The second-order valence-electron chi connectivity index (χ2n) is 6.09. The van der Waals surface area contributed by atoms with E-state index in [4.69, 9.17) is 0 Å². The Morgan fingerprint density at radius 3 is 2.44 bits per heavy atom. The number of carbonyl (C=O) groups is 2. The Balaban J connectivity index is 1.49. The van der Waals surface area contributed by atoms with E-state index in [0.29, 0.717) is 24.5 Å². The van der Waals surface area contributed by atoms with Crippen LogP contribution in [0, 0.1) is 13.8 Å². The van der Waals surface area contributed by atoms with E-state index in [1.165, 1.54) is 11.3 Å². The number of aryl methyl sites for hydroxylation is 2. The number of rotatable bonds is 6. The minimum Gasteiger partial charge on any atom is -0.349 e. The first-order chi connectivity index (χ1) is 13.0. The first-order valence-electron chi connectivity index (χ1n) is 8.55. The van der Waals surface area contributed by atoms with Crippen molar-refractivity contribution in [2.75, 3.05) is 13.1 Å². The highest BCUT2D eigenvalue weighted by atomic mass is 32.1. The minimum absolute atomic E-state index is 0.248. The predicted octanol–water partition coefficient (Wildman–Crippen LogP) is 2.98. The standard InChI is InChI=1S/C20H20N4O2S/c1-13-10-14(2)17(23-11-13)19(26)22-9-8-21-18(25)16-12-27-20(24-16)15-6-4-3-5-7-15/h3-7,10-12H,8-9H2,1-2H3,(H,21,25)(H,22,26). The van der Waals surface area contributed by atoms with E-state index in [-0.39, 0.29) is 11.8 Å². The van der Waals surface area contributed by atoms with Crippen LogP contribution in [0.25, 0.3) is 10.6 Å². The average molecular weight is 380 g/mol. The summed E-state index contributed by atoms with van der Waals surface area (Å²) < 4.78 is 0. The molecule has 0 fully saturated rings. The molecular formula is C20H20N4O2S. The summed E-state index contributed by atoms with van der Waals surface area (Å²) in [6, 6.07) is 11.6. The molecule has 0 spiro atoms. The van der Waals surface area contributed by atoms with Crippen molar-refractivity contribution in [2.45, 2.75) is 13.8 Å². The molecule has 1 aromatic carbocycles. The van der Waals surface area contributed by atoms with Crippen LogP contribution in [0.15, 0.2) is 48.0 Å². The molecule has 6 nitrogen and oxygen atoms in total.